The minimum Gasteiger partial charge on any atom is -0.322 e. The minimum atomic E-state index is -0.0988. The van der Waals surface area contributed by atoms with Crippen LogP contribution >= 0.6 is 15.9 Å². The lowest BCUT2D eigenvalue weighted by molar-refractivity contribution is 0.102. The van der Waals surface area contributed by atoms with Crippen molar-refractivity contribution < 1.29 is 4.79 Å². The van der Waals surface area contributed by atoms with E-state index in [0.29, 0.717) is 5.56 Å². The van der Waals surface area contributed by atoms with Crippen LogP contribution in [-0.2, 0) is 0 Å². The molecular weight excluding hydrogens is 326 g/mol. The van der Waals surface area contributed by atoms with Crippen LogP contribution in [-0.4, -0.2) is 5.91 Å². The number of fused-ring (bicyclic) bond motifs is 1. The second-order valence-corrected chi connectivity index (χ2v) is 5.95. The third kappa shape index (κ3) is 3.14. The Kier molecular flexibility index (Phi) is 3.76. The van der Waals surface area contributed by atoms with Gasteiger partial charge in [0.1, 0.15) is 0 Å². The van der Waals surface area contributed by atoms with E-state index in [0.717, 1.165) is 26.5 Å². The molecule has 0 saturated carbocycles. The quantitative estimate of drug-likeness (QED) is 0.686. The second-order valence-electron chi connectivity index (χ2n) is 5.03. The first-order chi connectivity index (χ1) is 10.1. The second kappa shape index (κ2) is 5.70. The van der Waals surface area contributed by atoms with Gasteiger partial charge < -0.3 is 5.32 Å². The molecule has 0 aliphatic carbocycles. The van der Waals surface area contributed by atoms with Gasteiger partial charge in [0, 0.05) is 15.7 Å². The number of amides is 1. The highest BCUT2D eigenvalue weighted by molar-refractivity contribution is 9.10. The summed E-state index contributed by atoms with van der Waals surface area (Å²) in [5, 5.41) is 5.13. The molecule has 21 heavy (non-hydrogen) atoms. The molecule has 0 aliphatic rings. The van der Waals surface area contributed by atoms with Gasteiger partial charge in [0.25, 0.3) is 5.91 Å². The van der Waals surface area contributed by atoms with Crippen LogP contribution in [0.5, 0.6) is 0 Å². The number of carbonyl (C=O) groups is 1. The van der Waals surface area contributed by atoms with Crippen LogP contribution in [0.2, 0.25) is 0 Å². The van der Waals surface area contributed by atoms with Crippen molar-refractivity contribution in [1.82, 2.24) is 0 Å². The van der Waals surface area contributed by atoms with Gasteiger partial charge in [-0.1, -0.05) is 46.3 Å². The summed E-state index contributed by atoms with van der Waals surface area (Å²) < 4.78 is 0.955. The number of nitrogens with one attached hydrogen (secondary N) is 1. The molecular formula is C18H14BrNO. The first-order valence-corrected chi connectivity index (χ1v) is 7.48. The standard InChI is InChI=1S/C18H14BrNO/c1-12-8-16(19)11-17(9-12)20-18(21)15-7-6-13-4-2-3-5-14(13)10-15/h2-11H,1H3,(H,20,21). The van der Waals surface area contributed by atoms with E-state index in [1.807, 2.05) is 67.6 Å². The van der Waals surface area contributed by atoms with Crippen molar-refractivity contribution in [3.63, 3.8) is 0 Å². The van der Waals surface area contributed by atoms with E-state index in [2.05, 4.69) is 21.2 Å². The first-order valence-electron chi connectivity index (χ1n) is 6.69. The van der Waals surface area contributed by atoms with E-state index in [1.165, 1.54) is 0 Å². The fourth-order valence-corrected chi connectivity index (χ4v) is 2.95. The predicted octanol–water partition coefficient (Wildman–Crippen LogP) is 5.16. The number of benzene rings is 3. The van der Waals surface area contributed by atoms with E-state index in [-0.39, 0.29) is 5.91 Å². The molecule has 1 N–H and O–H groups in total. The Morgan fingerprint density at radius 2 is 1.71 bits per heavy atom. The normalized spacial score (nSPS) is 10.6. The van der Waals surface area contributed by atoms with E-state index >= 15 is 0 Å². The summed E-state index contributed by atoms with van der Waals surface area (Å²) in [5.41, 5.74) is 2.55. The minimum absolute atomic E-state index is 0.0988. The fraction of sp³-hybridized carbons (Fsp3) is 0.0556. The number of aryl methyl sites for hydroxylation is 1. The largest absolute Gasteiger partial charge is 0.322 e. The molecule has 3 heteroatoms. The molecule has 3 aromatic carbocycles. The molecule has 3 aromatic rings. The summed E-state index contributed by atoms with van der Waals surface area (Å²) in [6.45, 7) is 2.00. The molecule has 0 fully saturated rings. The molecule has 3 rings (SSSR count). The number of hydrogen-bond acceptors (Lipinski definition) is 1. The summed E-state index contributed by atoms with van der Waals surface area (Å²) in [6, 6.07) is 19.6. The third-order valence-electron chi connectivity index (χ3n) is 3.31. The average molecular weight is 340 g/mol. The van der Waals surface area contributed by atoms with E-state index in [1.54, 1.807) is 0 Å². The monoisotopic (exact) mass is 339 g/mol. The molecule has 0 aliphatic heterocycles. The molecule has 0 spiro atoms. The van der Waals surface area contributed by atoms with Gasteiger partial charge in [-0.05, 0) is 53.6 Å². The Bertz CT molecular complexity index is 806. The molecule has 0 bridgehead atoms. The van der Waals surface area contributed by atoms with Gasteiger partial charge >= 0.3 is 0 Å². The van der Waals surface area contributed by atoms with Crippen molar-refractivity contribution in [2.75, 3.05) is 5.32 Å². The number of carbonyl (C=O) groups excluding carboxylic acids is 1. The number of hydrogen-bond donors (Lipinski definition) is 1. The van der Waals surface area contributed by atoms with Crippen LogP contribution < -0.4 is 5.32 Å². The summed E-state index contributed by atoms with van der Waals surface area (Å²) in [7, 11) is 0. The van der Waals surface area contributed by atoms with Crippen LogP contribution in [0.4, 0.5) is 5.69 Å². The highest BCUT2D eigenvalue weighted by atomic mass is 79.9. The van der Waals surface area contributed by atoms with Crippen LogP contribution in [0, 0.1) is 6.92 Å². The van der Waals surface area contributed by atoms with Gasteiger partial charge in [-0.3, -0.25) is 4.79 Å². The molecule has 0 radical (unpaired) electrons. The van der Waals surface area contributed by atoms with Crippen molar-refractivity contribution in [2.45, 2.75) is 6.92 Å². The summed E-state index contributed by atoms with van der Waals surface area (Å²) in [5.74, 6) is -0.0988. The number of anilines is 1. The van der Waals surface area contributed by atoms with Crippen molar-refractivity contribution >= 4 is 38.3 Å². The van der Waals surface area contributed by atoms with E-state index in [4.69, 9.17) is 0 Å². The van der Waals surface area contributed by atoms with Crippen LogP contribution in [0.3, 0.4) is 0 Å². The van der Waals surface area contributed by atoms with Crippen LogP contribution in [0.15, 0.2) is 65.1 Å². The molecule has 0 atom stereocenters. The Morgan fingerprint density at radius 1 is 0.952 bits per heavy atom. The molecule has 1 amide bonds. The molecule has 2 nitrogen and oxygen atoms in total. The Morgan fingerprint density at radius 3 is 2.48 bits per heavy atom. The van der Waals surface area contributed by atoms with Gasteiger partial charge in [-0.2, -0.15) is 0 Å². The maximum Gasteiger partial charge on any atom is 0.255 e. The Hall–Kier alpha value is -2.13. The lowest BCUT2D eigenvalue weighted by Gasteiger charge is -2.08. The average Bonchev–Trinajstić information content (AvgIpc) is 2.45. The van der Waals surface area contributed by atoms with E-state index < -0.39 is 0 Å². The van der Waals surface area contributed by atoms with Crippen molar-refractivity contribution in [3.8, 4) is 0 Å². The lowest BCUT2D eigenvalue weighted by Crippen LogP contribution is -2.11. The SMILES string of the molecule is Cc1cc(Br)cc(NC(=O)c2ccc3ccccc3c2)c1. The van der Waals surface area contributed by atoms with Gasteiger partial charge in [0.15, 0.2) is 0 Å². The number of halogens is 1. The molecule has 0 heterocycles. The van der Waals surface area contributed by atoms with Gasteiger partial charge in [-0.25, -0.2) is 0 Å². The molecule has 104 valence electrons. The van der Waals surface area contributed by atoms with Gasteiger partial charge in [-0.15, -0.1) is 0 Å². The Balaban J connectivity index is 1.89. The summed E-state index contributed by atoms with van der Waals surface area (Å²) in [6.07, 6.45) is 0. The van der Waals surface area contributed by atoms with Gasteiger partial charge in [0.05, 0.1) is 0 Å². The summed E-state index contributed by atoms with van der Waals surface area (Å²) in [4.78, 5) is 12.4. The highest BCUT2D eigenvalue weighted by Crippen LogP contribution is 2.21. The number of rotatable bonds is 2. The zero-order chi connectivity index (χ0) is 14.8. The third-order valence-corrected chi connectivity index (χ3v) is 3.77. The molecule has 0 unspecified atom stereocenters. The fourth-order valence-electron chi connectivity index (χ4n) is 2.34. The predicted molar refractivity (Wildman–Crippen MR) is 90.8 cm³/mol. The van der Waals surface area contributed by atoms with Crippen molar-refractivity contribution in [3.05, 3.63) is 76.3 Å². The molecule has 0 aromatic heterocycles. The van der Waals surface area contributed by atoms with Gasteiger partial charge in [0.2, 0.25) is 0 Å². The Labute approximate surface area is 131 Å². The van der Waals surface area contributed by atoms with Crippen molar-refractivity contribution in [1.29, 1.82) is 0 Å². The molecule has 0 saturated heterocycles. The van der Waals surface area contributed by atoms with Crippen LogP contribution in [0.25, 0.3) is 10.8 Å². The maximum atomic E-state index is 12.4. The summed E-state index contributed by atoms with van der Waals surface area (Å²) >= 11 is 3.44. The van der Waals surface area contributed by atoms with E-state index in [9.17, 15) is 4.79 Å². The highest BCUT2D eigenvalue weighted by Gasteiger charge is 2.07. The maximum absolute atomic E-state index is 12.4. The first kappa shape index (κ1) is 13.8. The zero-order valence-electron chi connectivity index (χ0n) is 11.6. The lowest BCUT2D eigenvalue weighted by atomic mass is 10.1. The van der Waals surface area contributed by atoms with Crippen LogP contribution in [0.1, 0.15) is 15.9 Å². The smallest absolute Gasteiger partial charge is 0.255 e. The topological polar surface area (TPSA) is 29.1 Å². The zero-order valence-corrected chi connectivity index (χ0v) is 13.1. The van der Waals surface area contributed by atoms with Crippen molar-refractivity contribution in [2.24, 2.45) is 0 Å².